The topological polar surface area (TPSA) is 20.2 Å². The van der Waals surface area contributed by atoms with Crippen molar-refractivity contribution in [3.8, 4) is 5.75 Å². The van der Waals surface area contributed by atoms with E-state index in [4.69, 9.17) is 5.11 Å². The van der Waals surface area contributed by atoms with E-state index in [1.54, 1.807) is 24.3 Å². The minimum absolute atomic E-state index is 0. The smallest absolute Gasteiger partial charge is 0.508 e. The summed E-state index contributed by atoms with van der Waals surface area (Å²) < 4.78 is 0. The Morgan fingerprint density at radius 1 is 0.938 bits per heavy atom. The summed E-state index contributed by atoms with van der Waals surface area (Å²) in [7, 11) is 0. The first kappa shape index (κ1) is 21.1. The number of phenolic OH excluding ortho intramolecular Hbond substituents is 1. The van der Waals surface area contributed by atoms with Crippen LogP contribution in [0.15, 0.2) is 30.3 Å². The average molecular weight is 233 g/mol. The molecule has 1 N–H and O–H groups in total. The molecule has 0 aromatic heterocycles. The summed E-state index contributed by atoms with van der Waals surface area (Å²) >= 11 is 0. The van der Waals surface area contributed by atoms with E-state index in [2.05, 4.69) is 27.7 Å². The van der Waals surface area contributed by atoms with Gasteiger partial charge in [0.2, 0.25) is 0 Å². The van der Waals surface area contributed by atoms with Crippen LogP contribution >= 0.6 is 0 Å². The molecular weight excluding hydrogens is 208 g/mol. The second-order valence-corrected chi connectivity index (χ2v) is 3.04. The Bertz CT molecular complexity index is 179. The van der Waals surface area contributed by atoms with E-state index in [0.29, 0.717) is 5.75 Å². The van der Waals surface area contributed by atoms with E-state index >= 15 is 0 Å². The first-order chi connectivity index (χ1) is 7.22. The molecule has 1 aromatic carbocycles. The fourth-order valence-corrected chi connectivity index (χ4v) is 0.428. The molecule has 0 saturated heterocycles. The molecule has 0 unspecified atom stereocenters. The summed E-state index contributed by atoms with van der Waals surface area (Å²) in [6.45, 7) is 11.4. The summed E-state index contributed by atoms with van der Waals surface area (Å²) in [4.78, 5) is 0. The van der Waals surface area contributed by atoms with Crippen molar-refractivity contribution in [2.24, 2.45) is 0 Å². The molecular formula is C14H24MgO. The molecule has 16 heavy (non-hydrogen) atoms. The van der Waals surface area contributed by atoms with Crippen LogP contribution in [0.25, 0.3) is 0 Å². The van der Waals surface area contributed by atoms with Gasteiger partial charge in [-0.15, -0.1) is 0 Å². The molecule has 0 bridgehead atoms. The van der Waals surface area contributed by atoms with Crippen LogP contribution in [0.1, 0.15) is 39.5 Å². The molecule has 0 saturated carbocycles. The van der Waals surface area contributed by atoms with E-state index in [0.717, 1.165) is 12.8 Å². The zero-order valence-corrected chi connectivity index (χ0v) is 12.2. The predicted molar refractivity (Wildman–Crippen MR) is 74.4 cm³/mol. The fourth-order valence-electron chi connectivity index (χ4n) is 0.428. The molecule has 0 aliphatic heterocycles. The summed E-state index contributed by atoms with van der Waals surface area (Å²) in [5.74, 6) is 0.322. The number of hydrogen-bond donors (Lipinski definition) is 1. The number of aromatic hydroxyl groups is 1. The van der Waals surface area contributed by atoms with Crippen molar-refractivity contribution in [2.75, 3.05) is 0 Å². The molecule has 88 valence electrons. The van der Waals surface area contributed by atoms with Crippen molar-refractivity contribution < 1.29 is 5.11 Å². The maximum Gasteiger partial charge on any atom is 2.00 e. The first-order valence-corrected chi connectivity index (χ1v) is 5.55. The molecule has 1 rings (SSSR count). The van der Waals surface area contributed by atoms with Crippen LogP contribution in [0.2, 0.25) is 0 Å². The van der Waals surface area contributed by atoms with Crippen molar-refractivity contribution in [1.82, 2.24) is 0 Å². The Hall–Kier alpha value is -0.214. The van der Waals surface area contributed by atoms with E-state index in [9.17, 15) is 0 Å². The zero-order chi connectivity index (χ0) is 11.9. The van der Waals surface area contributed by atoms with Gasteiger partial charge < -0.3 is 19.0 Å². The largest absolute Gasteiger partial charge is 2.00 e. The van der Waals surface area contributed by atoms with Gasteiger partial charge in [0.25, 0.3) is 0 Å². The number of unbranched alkanes of at least 4 members (excludes halogenated alkanes) is 2. The Balaban J connectivity index is -0.000000166. The SMILES string of the molecule is Oc1ccccc1.[CH2-]CCC.[CH2-]CCC.[Mg+2]. The van der Waals surface area contributed by atoms with Crippen molar-refractivity contribution in [3.05, 3.63) is 44.2 Å². The minimum Gasteiger partial charge on any atom is -0.508 e. The summed E-state index contributed by atoms with van der Waals surface area (Å²) in [6, 6.07) is 8.71. The van der Waals surface area contributed by atoms with Crippen molar-refractivity contribution in [3.63, 3.8) is 0 Å². The number of benzene rings is 1. The third-order valence-corrected chi connectivity index (χ3v) is 1.46. The molecule has 0 fully saturated rings. The van der Waals surface area contributed by atoms with E-state index < -0.39 is 0 Å². The van der Waals surface area contributed by atoms with E-state index in [1.807, 2.05) is 6.07 Å². The van der Waals surface area contributed by atoms with E-state index in [-0.39, 0.29) is 23.1 Å². The second kappa shape index (κ2) is 20.2. The van der Waals surface area contributed by atoms with Gasteiger partial charge in [0.05, 0.1) is 0 Å². The van der Waals surface area contributed by atoms with Gasteiger partial charge in [-0.25, -0.2) is 0 Å². The monoisotopic (exact) mass is 232 g/mol. The van der Waals surface area contributed by atoms with Gasteiger partial charge in [-0.1, -0.05) is 44.9 Å². The fraction of sp³-hybridized carbons (Fsp3) is 0.429. The van der Waals surface area contributed by atoms with Gasteiger partial charge in [-0.2, -0.15) is 12.8 Å². The Morgan fingerprint density at radius 3 is 1.38 bits per heavy atom. The summed E-state index contributed by atoms with van der Waals surface area (Å²) in [6.07, 6.45) is 4.56. The zero-order valence-electron chi connectivity index (χ0n) is 10.8. The molecule has 0 spiro atoms. The number of phenols is 1. The number of para-hydroxylation sites is 1. The summed E-state index contributed by atoms with van der Waals surface area (Å²) in [5, 5.41) is 8.63. The van der Waals surface area contributed by atoms with Crippen molar-refractivity contribution >= 4 is 23.1 Å². The minimum atomic E-state index is 0. The maximum atomic E-state index is 8.63. The Morgan fingerprint density at radius 2 is 1.25 bits per heavy atom. The first-order valence-electron chi connectivity index (χ1n) is 5.55. The van der Waals surface area contributed by atoms with Crippen LogP contribution in [-0.2, 0) is 0 Å². The molecule has 0 amide bonds. The van der Waals surface area contributed by atoms with Crippen LogP contribution in [0, 0.1) is 13.8 Å². The van der Waals surface area contributed by atoms with Gasteiger partial charge >= 0.3 is 23.1 Å². The molecule has 0 atom stereocenters. The van der Waals surface area contributed by atoms with Gasteiger partial charge in [-0.3, -0.25) is 0 Å². The van der Waals surface area contributed by atoms with Crippen LogP contribution in [-0.4, -0.2) is 28.2 Å². The normalized spacial score (nSPS) is 7.50. The van der Waals surface area contributed by atoms with Crippen LogP contribution in [0.5, 0.6) is 5.75 Å². The second-order valence-electron chi connectivity index (χ2n) is 3.04. The molecule has 0 heterocycles. The van der Waals surface area contributed by atoms with Crippen LogP contribution in [0.3, 0.4) is 0 Å². The molecule has 0 aliphatic carbocycles. The van der Waals surface area contributed by atoms with Crippen LogP contribution in [0.4, 0.5) is 0 Å². The molecule has 0 radical (unpaired) electrons. The molecule has 0 aliphatic rings. The van der Waals surface area contributed by atoms with Crippen molar-refractivity contribution in [2.45, 2.75) is 39.5 Å². The molecule has 1 aromatic rings. The molecule has 2 heteroatoms. The maximum absolute atomic E-state index is 8.63. The van der Waals surface area contributed by atoms with Gasteiger partial charge in [0.1, 0.15) is 5.75 Å². The summed E-state index contributed by atoms with van der Waals surface area (Å²) in [5.41, 5.74) is 0. The number of rotatable bonds is 2. The van der Waals surface area contributed by atoms with Crippen molar-refractivity contribution in [1.29, 1.82) is 0 Å². The van der Waals surface area contributed by atoms with Crippen LogP contribution < -0.4 is 0 Å². The van der Waals surface area contributed by atoms with Gasteiger partial charge in [0, 0.05) is 0 Å². The predicted octanol–water partition coefficient (Wildman–Crippen LogP) is 4.25. The Kier molecular flexibility index (Phi) is 26.7. The molecule has 1 nitrogen and oxygen atoms in total. The average Bonchev–Trinajstić information content (AvgIpc) is 2.31. The Labute approximate surface area is 117 Å². The third-order valence-electron chi connectivity index (χ3n) is 1.46. The van der Waals surface area contributed by atoms with E-state index in [1.165, 1.54) is 12.8 Å². The van der Waals surface area contributed by atoms with Gasteiger partial charge in [0.15, 0.2) is 0 Å². The van der Waals surface area contributed by atoms with Gasteiger partial charge in [-0.05, 0) is 12.1 Å². The third kappa shape index (κ3) is 23.5. The number of hydrogen-bond acceptors (Lipinski definition) is 1. The standard InChI is InChI=1S/C6H6O.2C4H9.Mg/c7-6-4-2-1-3-5-6;2*1-3-4-2;/h1-5,7H;2*1,3-4H2,2H3;/q;2*-1;+2. The quantitative estimate of drug-likeness (QED) is 0.597.